The third-order valence-electron chi connectivity index (χ3n) is 4.69. The SMILES string of the molecule is Cc1nc(Nc2ccccc2F)cc(N2CCN(c3ccccc3)CC2)n1. The number of aryl methyl sites for hydroxylation is 1. The van der Waals surface area contributed by atoms with Gasteiger partial charge in [-0.25, -0.2) is 14.4 Å². The fraction of sp³-hybridized carbons (Fsp3) is 0.238. The topological polar surface area (TPSA) is 44.3 Å². The average Bonchev–Trinajstić information content (AvgIpc) is 2.70. The van der Waals surface area contributed by atoms with Crippen molar-refractivity contribution in [3.63, 3.8) is 0 Å². The maximum absolute atomic E-state index is 13.9. The van der Waals surface area contributed by atoms with E-state index in [9.17, 15) is 4.39 Å². The third-order valence-corrected chi connectivity index (χ3v) is 4.69. The molecular weight excluding hydrogens is 341 g/mol. The maximum Gasteiger partial charge on any atom is 0.146 e. The minimum atomic E-state index is -0.299. The number of halogens is 1. The van der Waals surface area contributed by atoms with Gasteiger partial charge in [-0.1, -0.05) is 30.3 Å². The molecule has 1 N–H and O–H groups in total. The first kappa shape index (κ1) is 17.3. The fourth-order valence-electron chi connectivity index (χ4n) is 3.31. The van der Waals surface area contributed by atoms with Gasteiger partial charge >= 0.3 is 0 Å². The summed E-state index contributed by atoms with van der Waals surface area (Å²) < 4.78 is 13.9. The van der Waals surface area contributed by atoms with E-state index in [0.29, 0.717) is 17.3 Å². The number of piperazine rings is 1. The second kappa shape index (κ2) is 7.61. The summed E-state index contributed by atoms with van der Waals surface area (Å²) in [5, 5.41) is 3.06. The highest BCUT2D eigenvalue weighted by Crippen LogP contribution is 2.23. The highest BCUT2D eigenvalue weighted by Gasteiger charge is 2.19. The molecule has 6 heteroatoms. The molecule has 1 aromatic heterocycles. The Bertz CT molecular complexity index is 907. The van der Waals surface area contributed by atoms with Gasteiger partial charge in [0.2, 0.25) is 0 Å². The number of rotatable bonds is 4. The van der Waals surface area contributed by atoms with Crippen molar-refractivity contribution in [1.82, 2.24) is 9.97 Å². The molecule has 4 rings (SSSR count). The zero-order valence-electron chi connectivity index (χ0n) is 15.3. The Morgan fingerprint density at radius 2 is 1.52 bits per heavy atom. The van der Waals surface area contributed by atoms with Crippen molar-refractivity contribution >= 4 is 23.0 Å². The van der Waals surface area contributed by atoms with E-state index in [4.69, 9.17) is 0 Å². The number of nitrogens with one attached hydrogen (secondary N) is 1. The quantitative estimate of drug-likeness (QED) is 0.759. The van der Waals surface area contributed by atoms with Crippen molar-refractivity contribution in [3.8, 4) is 0 Å². The summed E-state index contributed by atoms with van der Waals surface area (Å²) in [7, 11) is 0. The predicted octanol–water partition coefficient (Wildman–Crippen LogP) is 3.99. The highest BCUT2D eigenvalue weighted by atomic mass is 19.1. The number of benzene rings is 2. The van der Waals surface area contributed by atoms with Gasteiger partial charge in [-0.3, -0.25) is 0 Å². The Morgan fingerprint density at radius 3 is 2.26 bits per heavy atom. The van der Waals surface area contributed by atoms with Crippen LogP contribution in [0.1, 0.15) is 5.82 Å². The highest BCUT2D eigenvalue weighted by molar-refractivity contribution is 5.60. The summed E-state index contributed by atoms with van der Waals surface area (Å²) in [4.78, 5) is 13.6. The molecule has 0 aliphatic carbocycles. The average molecular weight is 363 g/mol. The Hall–Kier alpha value is -3.15. The molecule has 0 atom stereocenters. The summed E-state index contributed by atoms with van der Waals surface area (Å²) in [6.45, 7) is 5.48. The van der Waals surface area contributed by atoms with Crippen LogP contribution in [0.5, 0.6) is 0 Å². The lowest BCUT2D eigenvalue weighted by Crippen LogP contribution is -2.46. The second-order valence-electron chi connectivity index (χ2n) is 6.57. The van der Waals surface area contributed by atoms with Gasteiger partial charge in [-0.15, -0.1) is 0 Å². The van der Waals surface area contributed by atoms with Crippen molar-refractivity contribution in [1.29, 1.82) is 0 Å². The molecule has 0 saturated carbocycles. The second-order valence-corrected chi connectivity index (χ2v) is 6.57. The Labute approximate surface area is 158 Å². The van der Waals surface area contributed by atoms with E-state index >= 15 is 0 Å². The van der Waals surface area contributed by atoms with Gasteiger partial charge in [0, 0.05) is 37.9 Å². The first-order valence-corrected chi connectivity index (χ1v) is 9.11. The van der Waals surface area contributed by atoms with Gasteiger partial charge in [0.25, 0.3) is 0 Å². The summed E-state index contributed by atoms with van der Waals surface area (Å²) in [5.41, 5.74) is 1.66. The van der Waals surface area contributed by atoms with E-state index in [-0.39, 0.29) is 5.82 Å². The number of para-hydroxylation sites is 2. The number of anilines is 4. The molecule has 0 radical (unpaired) electrons. The summed E-state index contributed by atoms with van der Waals surface area (Å²) in [6.07, 6.45) is 0. The smallest absolute Gasteiger partial charge is 0.146 e. The lowest BCUT2D eigenvalue weighted by atomic mass is 10.2. The van der Waals surface area contributed by atoms with Crippen LogP contribution < -0.4 is 15.1 Å². The molecular formula is C21H22FN5. The van der Waals surface area contributed by atoms with Crippen LogP contribution in [0.4, 0.5) is 27.4 Å². The van der Waals surface area contributed by atoms with Crippen LogP contribution in [0.25, 0.3) is 0 Å². The lowest BCUT2D eigenvalue weighted by Gasteiger charge is -2.36. The molecule has 2 aromatic carbocycles. The molecule has 3 aromatic rings. The number of hydrogen-bond donors (Lipinski definition) is 1. The van der Waals surface area contributed by atoms with Crippen LogP contribution in [-0.2, 0) is 0 Å². The molecule has 0 spiro atoms. The van der Waals surface area contributed by atoms with E-state index < -0.39 is 0 Å². The van der Waals surface area contributed by atoms with E-state index in [1.165, 1.54) is 11.8 Å². The van der Waals surface area contributed by atoms with E-state index in [1.807, 2.05) is 19.1 Å². The van der Waals surface area contributed by atoms with Crippen LogP contribution >= 0.6 is 0 Å². The van der Waals surface area contributed by atoms with Crippen molar-refractivity contribution in [2.24, 2.45) is 0 Å². The zero-order valence-corrected chi connectivity index (χ0v) is 15.3. The summed E-state index contributed by atoms with van der Waals surface area (Å²) in [6, 6.07) is 18.9. The largest absolute Gasteiger partial charge is 0.368 e. The maximum atomic E-state index is 13.9. The Kier molecular flexibility index (Phi) is 4.87. The van der Waals surface area contributed by atoms with Crippen molar-refractivity contribution in [2.75, 3.05) is 41.3 Å². The number of aromatic nitrogens is 2. The van der Waals surface area contributed by atoms with E-state index in [1.54, 1.807) is 18.2 Å². The summed E-state index contributed by atoms with van der Waals surface area (Å²) in [5.74, 6) is 1.84. The zero-order chi connectivity index (χ0) is 18.6. The van der Waals surface area contributed by atoms with Crippen LogP contribution in [0.15, 0.2) is 60.7 Å². The van der Waals surface area contributed by atoms with Crippen molar-refractivity contribution in [3.05, 3.63) is 72.3 Å². The first-order valence-electron chi connectivity index (χ1n) is 9.11. The monoisotopic (exact) mass is 363 g/mol. The number of hydrogen-bond acceptors (Lipinski definition) is 5. The molecule has 0 unspecified atom stereocenters. The molecule has 1 saturated heterocycles. The minimum Gasteiger partial charge on any atom is -0.368 e. The molecule has 2 heterocycles. The van der Waals surface area contributed by atoms with Crippen LogP contribution in [-0.4, -0.2) is 36.1 Å². The van der Waals surface area contributed by atoms with Gasteiger partial charge in [-0.2, -0.15) is 0 Å². The standard InChI is InChI=1S/C21H22FN5/c1-16-23-20(25-19-10-6-5-9-18(19)22)15-21(24-16)27-13-11-26(12-14-27)17-7-3-2-4-8-17/h2-10,15H,11-14H2,1H3,(H,23,24,25). The van der Waals surface area contributed by atoms with Gasteiger partial charge in [0.1, 0.15) is 23.3 Å². The van der Waals surface area contributed by atoms with Crippen LogP contribution in [0.2, 0.25) is 0 Å². The van der Waals surface area contributed by atoms with Gasteiger partial charge in [0.15, 0.2) is 0 Å². The molecule has 0 bridgehead atoms. The van der Waals surface area contributed by atoms with Crippen LogP contribution in [0, 0.1) is 12.7 Å². The summed E-state index contributed by atoms with van der Waals surface area (Å²) >= 11 is 0. The third kappa shape index (κ3) is 4.00. The van der Waals surface area contributed by atoms with Gasteiger partial charge < -0.3 is 15.1 Å². The normalized spacial score (nSPS) is 14.3. The number of nitrogens with zero attached hydrogens (tertiary/aromatic N) is 4. The molecule has 1 aliphatic heterocycles. The van der Waals surface area contributed by atoms with E-state index in [2.05, 4.69) is 49.4 Å². The first-order chi connectivity index (χ1) is 13.2. The minimum absolute atomic E-state index is 0.299. The molecule has 1 aliphatic rings. The predicted molar refractivity (Wildman–Crippen MR) is 107 cm³/mol. The van der Waals surface area contributed by atoms with Crippen molar-refractivity contribution < 1.29 is 4.39 Å². The molecule has 0 amide bonds. The van der Waals surface area contributed by atoms with Crippen LogP contribution in [0.3, 0.4) is 0 Å². The Morgan fingerprint density at radius 1 is 0.852 bits per heavy atom. The Balaban J connectivity index is 1.48. The molecule has 5 nitrogen and oxygen atoms in total. The van der Waals surface area contributed by atoms with Gasteiger partial charge in [0.05, 0.1) is 5.69 Å². The van der Waals surface area contributed by atoms with Gasteiger partial charge in [-0.05, 0) is 31.2 Å². The lowest BCUT2D eigenvalue weighted by molar-refractivity contribution is 0.631. The molecule has 27 heavy (non-hydrogen) atoms. The molecule has 1 fully saturated rings. The van der Waals surface area contributed by atoms with Crippen molar-refractivity contribution in [2.45, 2.75) is 6.92 Å². The fourth-order valence-corrected chi connectivity index (χ4v) is 3.31. The molecule has 138 valence electrons. The van der Waals surface area contributed by atoms with E-state index in [0.717, 1.165) is 32.0 Å².